The Bertz CT molecular complexity index is 1370. The van der Waals surface area contributed by atoms with E-state index in [4.69, 9.17) is 4.74 Å². The van der Waals surface area contributed by atoms with Gasteiger partial charge in [0.2, 0.25) is 0 Å². The van der Waals surface area contributed by atoms with Crippen molar-refractivity contribution in [1.82, 2.24) is 0 Å². The maximum Gasteiger partial charge on any atom is 0.343 e. The second-order valence-electron chi connectivity index (χ2n) is 8.68. The van der Waals surface area contributed by atoms with Crippen LogP contribution < -0.4 is 13.9 Å². The minimum atomic E-state index is -3.76. The van der Waals surface area contributed by atoms with Crippen molar-refractivity contribution in [1.29, 1.82) is 0 Å². The monoisotopic (exact) mass is 509 g/mol. The van der Waals surface area contributed by atoms with Crippen LogP contribution in [0.15, 0.2) is 71.6 Å². The maximum absolute atomic E-state index is 12.9. The van der Waals surface area contributed by atoms with E-state index in [1.807, 2.05) is 11.8 Å². The summed E-state index contributed by atoms with van der Waals surface area (Å²) < 4.78 is 32.3. The zero-order valence-corrected chi connectivity index (χ0v) is 20.9. The molecule has 36 heavy (non-hydrogen) atoms. The summed E-state index contributed by atoms with van der Waals surface area (Å²) in [6, 6.07) is 16.9. The highest BCUT2D eigenvalue weighted by atomic mass is 32.2. The minimum Gasteiger partial charge on any atom is -0.423 e. The van der Waals surface area contributed by atoms with E-state index < -0.39 is 20.9 Å². The predicted octanol–water partition coefficient (Wildman–Crippen LogP) is 4.94. The van der Waals surface area contributed by atoms with Crippen molar-refractivity contribution in [2.24, 2.45) is 0 Å². The van der Waals surface area contributed by atoms with Crippen LogP contribution in [0.3, 0.4) is 0 Å². The summed E-state index contributed by atoms with van der Waals surface area (Å²) in [6.45, 7) is 3.36. The minimum absolute atomic E-state index is 0.0607. The zero-order valence-electron chi connectivity index (χ0n) is 20.1. The summed E-state index contributed by atoms with van der Waals surface area (Å²) in [5.74, 6) is -0.552. The number of aryl methyl sites for hydroxylation is 1. The fourth-order valence-corrected chi connectivity index (χ4v) is 5.29. The standard InChI is InChI=1S/C26H27N3O6S/c1-19-6-13-23(14-7-19)36(33,34)27(2)21-9-11-22(12-10-21)35-26(30)20-8-15-24(25(18-20)29(31)32)28-16-4-3-5-17-28/h6-15,18H,3-5,16-17H2,1-2H3. The molecule has 0 atom stereocenters. The molecule has 3 aromatic rings. The molecule has 188 valence electrons. The van der Waals surface area contributed by atoms with Crippen LogP contribution in [0, 0.1) is 17.0 Å². The molecule has 0 spiro atoms. The van der Waals surface area contributed by atoms with Gasteiger partial charge in [-0.25, -0.2) is 13.2 Å². The third kappa shape index (κ3) is 5.33. The number of nitro benzene ring substituents is 1. The van der Waals surface area contributed by atoms with Crippen molar-refractivity contribution in [3.05, 3.63) is 88.0 Å². The molecular formula is C26H27N3O6S. The number of carbonyl (C=O) groups excluding carboxylic acids is 1. The van der Waals surface area contributed by atoms with E-state index in [9.17, 15) is 23.3 Å². The highest BCUT2D eigenvalue weighted by molar-refractivity contribution is 7.92. The van der Waals surface area contributed by atoms with Crippen LogP contribution in [0.2, 0.25) is 0 Å². The first-order valence-electron chi connectivity index (χ1n) is 11.6. The normalized spacial score (nSPS) is 13.8. The number of nitro groups is 1. The number of hydrogen-bond acceptors (Lipinski definition) is 7. The summed E-state index contributed by atoms with van der Waals surface area (Å²) >= 11 is 0. The van der Waals surface area contributed by atoms with Gasteiger partial charge in [0.25, 0.3) is 15.7 Å². The third-order valence-corrected chi connectivity index (χ3v) is 7.99. The molecular weight excluding hydrogens is 482 g/mol. The van der Waals surface area contributed by atoms with Crippen molar-refractivity contribution in [2.45, 2.75) is 31.1 Å². The average Bonchev–Trinajstić information content (AvgIpc) is 2.89. The number of nitrogens with zero attached hydrogens (tertiary/aromatic N) is 3. The van der Waals surface area contributed by atoms with E-state index in [1.165, 1.54) is 43.4 Å². The van der Waals surface area contributed by atoms with Gasteiger partial charge in [-0.15, -0.1) is 0 Å². The molecule has 1 saturated heterocycles. The molecule has 1 aliphatic rings. The lowest BCUT2D eigenvalue weighted by molar-refractivity contribution is -0.384. The molecule has 0 radical (unpaired) electrons. The highest BCUT2D eigenvalue weighted by Gasteiger charge is 2.24. The molecule has 0 amide bonds. The number of ether oxygens (including phenoxy) is 1. The summed E-state index contributed by atoms with van der Waals surface area (Å²) in [5.41, 5.74) is 1.76. The van der Waals surface area contributed by atoms with Crippen molar-refractivity contribution < 1.29 is 22.9 Å². The van der Waals surface area contributed by atoms with Gasteiger partial charge >= 0.3 is 5.97 Å². The van der Waals surface area contributed by atoms with E-state index in [-0.39, 0.29) is 21.9 Å². The molecule has 0 unspecified atom stereocenters. The molecule has 0 aliphatic carbocycles. The first-order chi connectivity index (χ1) is 17.2. The zero-order chi connectivity index (χ0) is 25.9. The van der Waals surface area contributed by atoms with Gasteiger partial charge in [-0.1, -0.05) is 17.7 Å². The van der Waals surface area contributed by atoms with Crippen LogP contribution in [-0.2, 0) is 10.0 Å². The van der Waals surface area contributed by atoms with Crippen LogP contribution in [-0.4, -0.2) is 39.4 Å². The Kier molecular flexibility index (Phi) is 7.25. The number of piperidine rings is 1. The van der Waals surface area contributed by atoms with E-state index in [0.717, 1.165) is 42.2 Å². The van der Waals surface area contributed by atoms with Crippen LogP contribution in [0.4, 0.5) is 17.1 Å². The van der Waals surface area contributed by atoms with Crippen molar-refractivity contribution in [3.63, 3.8) is 0 Å². The lowest BCUT2D eigenvalue weighted by Gasteiger charge is -2.28. The van der Waals surface area contributed by atoms with Crippen LogP contribution in [0.5, 0.6) is 5.75 Å². The topological polar surface area (TPSA) is 110 Å². The quantitative estimate of drug-likeness (QED) is 0.192. The number of hydrogen-bond donors (Lipinski definition) is 0. The SMILES string of the molecule is Cc1ccc(S(=O)(=O)N(C)c2ccc(OC(=O)c3ccc(N4CCCCC4)c([N+](=O)[O-])c3)cc2)cc1. The number of sulfonamides is 1. The molecule has 3 aromatic carbocycles. The Hall–Kier alpha value is -3.92. The Labute approximate surface area is 210 Å². The number of anilines is 2. The van der Waals surface area contributed by atoms with Gasteiger partial charge < -0.3 is 9.64 Å². The third-order valence-electron chi connectivity index (χ3n) is 6.19. The van der Waals surface area contributed by atoms with E-state index in [2.05, 4.69) is 0 Å². The molecule has 10 heteroatoms. The van der Waals surface area contributed by atoms with Crippen LogP contribution >= 0.6 is 0 Å². The van der Waals surface area contributed by atoms with Gasteiger partial charge in [0.15, 0.2) is 0 Å². The number of rotatable bonds is 7. The lowest BCUT2D eigenvalue weighted by Crippen LogP contribution is -2.30. The summed E-state index contributed by atoms with van der Waals surface area (Å²) in [6.07, 6.45) is 3.04. The first-order valence-corrected chi connectivity index (χ1v) is 13.0. The molecule has 1 fully saturated rings. The molecule has 4 rings (SSSR count). The summed E-state index contributed by atoms with van der Waals surface area (Å²) in [4.78, 5) is 26.0. The van der Waals surface area contributed by atoms with Gasteiger partial charge in [0, 0.05) is 26.2 Å². The van der Waals surface area contributed by atoms with Crippen molar-refractivity contribution in [2.75, 3.05) is 29.3 Å². The average molecular weight is 510 g/mol. The molecule has 0 N–H and O–H groups in total. The summed E-state index contributed by atoms with van der Waals surface area (Å²) in [5, 5.41) is 11.7. The molecule has 9 nitrogen and oxygen atoms in total. The predicted molar refractivity (Wildman–Crippen MR) is 137 cm³/mol. The van der Waals surface area contributed by atoms with E-state index in [0.29, 0.717) is 11.4 Å². The Balaban J connectivity index is 1.49. The van der Waals surface area contributed by atoms with Gasteiger partial charge in [0.1, 0.15) is 11.4 Å². The molecule has 0 saturated carbocycles. The smallest absolute Gasteiger partial charge is 0.343 e. The maximum atomic E-state index is 12.9. The molecule has 1 aliphatic heterocycles. The summed E-state index contributed by atoms with van der Waals surface area (Å²) in [7, 11) is -2.31. The van der Waals surface area contributed by atoms with E-state index >= 15 is 0 Å². The number of esters is 1. The van der Waals surface area contributed by atoms with Gasteiger partial charge in [-0.05, 0) is 74.7 Å². The van der Waals surface area contributed by atoms with Crippen LogP contribution in [0.25, 0.3) is 0 Å². The largest absolute Gasteiger partial charge is 0.423 e. The second-order valence-corrected chi connectivity index (χ2v) is 10.6. The second kappa shape index (κ2) is 10.4. The highest BCUT2D eigenvalue weighted by Crippen LogP contribution is 2.32. The number of carbonyl (C=O) groups is 1. The van der Waals surface area contributed by atoms with Gasteiger partial charge in [0.05, 0.1) is 21.1 Å². The number of benzene rings is 3. The van der Waals surface area contributed by atoms with Gasteiger partial charge in [-0.2, -0.15) is 0 Å². The van der Waals surface area contributed by atoms with Crippen LogP contribution in [0.1, 0.15) is 35.2 Å². The Morgan fingerprint density at radius 2 is 1.61 bits per heavy atom. The molecule has 0 aromatic heterocycles. The first kappa shape index (κ1) is 25.2. The van der Waals surface area contributed by atoms with E-state index in [1.54, 1.807) is 30.3 Å². The van der Waals surface area contributed by atoms with Gasteiger partial charge in [-0.3, -0.25) is 14.4 Å². The molecule has 1 heterocycles. The lowest BCUT2D eigenvalue weighted by atomic mass is 10.1. The molecule has 0 bridgehead atoms. The fourth-order valence-electron chi connectivity index (χ4n) is 4.10. The Morgan fingerprint density at radius 3 is 2.22 bits per heavy atom. The Morgan fingerprint density at radius 1 is 0.972 bits per heavy atom. The van der Waals surface area contributed by atoms with Crippen molar-refractivity contribution in [3.8, 4) is 5.75 Å². The fraction of sp³-hybridized carbons (Fsp3) is 0.269. The van der Waals surface area contributed by atoms with Crippen molar-refractivity contribution >= 4 is 33.1 Å².